The molecule has 2 atom stereocenters. The van der Waals surface area contributed by atoms with E-state index in [-0.39, 0.29) is 24.6 Å². The molecule has 2 aromatic carbocycles. The third-order valence-electron chi connectivity index (χ3n) is 7.36. The Morgan fingerprint density at radius 2 is 1.73 bits per heavy atom. The van der Waals surface area contributed by atoms with Crippen molar-refractivity contribution in [2.24, 2.45) is 0 Å². The van der Waals surface area contributed by atoms with Gasteiger partial charge in [-0.3, -0.25) is 14.6 Å². The van der Waals surface area contributed by atoms with Gasteiger partial charge in [0.05, 0.1) is 32.4 Å². The van der Waals surface area contributed by atoms with Crippen LogP contribution in [0.15, 0.2) is 59.8 Å². The second kappa shape index (κ2) is 12.9. The molecular formula is C30H38N4O6. The van der Waals surface area contributed by atoms with Crippen LogP contribution in [-0.4, -0.2) is 92.2 Å². The Hall–Kier alpha value is -4.05. The molecule has 10 nitrogen and oxygen atoms in total. The number of amides is 3. The molecule has 3 amide bonds. The van der Waals surface area contributed by atoms with Gasteiger partial charge in [-0.2, -0.15) is 0 Å². The predicted octanol–water partition coefficient (Wildman–Crippen LogP) is 3.45. The van der Waals surface area contributed by atoms with Crippen molar-refractivity contribution in [1.29, 1.82) is 0 Å². The summed E-state index contributed by atoms with van der Waals surface area (Å²) in [6, 6.07) is 13.4. The zero-order valence-electron chi connectivity index (χ0n) is 23.8. The highest BCUT2D eigenvalue weighted by molar-refractivity contribution is 5.95. The first-order valence-electron chi connectivity index (χ1n) is 13.6. The lowest BCUT2D eigenvalue weighted by atomic mass is 9.93. The molecule has 2 aromatic rings. The fraction of sp³-hybridized carbons (Fsp3) is 0.433. The normalized spacial score (nSPS) is 19.8. The zero-order valence-corrected chi connectivity index (χ0v) is 23.8. The molecule has 0 radical (unpaired) electrons. The molecule has 2 unspecified atom stereocenters. The van der Waals surface area contributed by atoms with Gasteiger partial charge in [-0.1, -0.05) is 12.1 Å². The number of urea groups is 1. The number of rotatable bonds is 9. The van der Waals surface area contributed by atoms with Crippen LogP contribution in [0, 0.1) is 0 Å². The minimum atomic E-state index is -0.685. The first-order valence-corrected chi connectivity index (χ1v) is 13.6. The van der Waals surface area contributed by atoms with E-state index in [1.807, 2.05) is 43.0 Å². The maximum atomic E-state index is 13.4. The van der Waals surface area contributed by atoms with E-state index >= 15 is 0 Å². The van der Waals surface area contributed by atoms with Crippen molar-refractivity contribution in [2.45, 2.75) is 32.9 Å². The zero-order chi connectivity index (χ0) is 28.8. The van der Waals surface area contributed by atoms with Gasteiger partial charge in [0.15, 0.2) is 0 Å². The number of hydrogen-bond donors (Lipinski definition) is 1. The number of benzene rings is 2. The maximum absolute atomic E-state index is 13.4. The highest BCUT2D eigenvalue weighted by Crippen LogP contribution is 2.33. The van der Waals surface area contributed by atoms with Crippen molar-refractivity contribution >= 4 is 17.9 Å². The number of piperazine rings is 1. The van der Waals surface area contributed by atoms with E-state index in [1.54, 1.807) is 50.3 Å². The Bertz CT molecular complexity index is 1260. The summed E-state index contributed by atoms with van der Waals surface area (Å²) >= 11 is 0. The smallest absolute Gasteiger partial charge is 0.338 e. The van der Waals surface area contributed by atoms with Gasteiger partial charge < -0.3 is 24.4 Å². The van der Waals surface area contributed by atoms with Crippen LogP contribution in [0.25, 0.3) is 0 Å². The monoisotopic (exact) mass is 550 g/mol. The van der Waals surface area contributed by atoms with Crippen LogP contribution in [-0.2, 0) is 9.53 Å². The average Bonchev–Trinajstić information content (AvgIpc) is 2.97. The van der Waals surface area contributed by atoms with Crippen LogP contribution < -0.4 is 14.8 Å². The predicted molar refractivity (Wildman–Crippen MR) is 150 cm³/mol. The second-order valence-electron chi connectivity index (χ2n) is 9.80. The summed E-state index contributed by atoms with van der Waals surface area (Å²) in [6.45, 7) is 8.32. The highest BCUT2D eigenvalue weighted by Gasteiger charge is 2.39. The van der Waals surface area contributed by atoms with Gasteiger partial charge in [0, 0.05) is 50.0 Å². The van der Waals surface area contributed by atoms with Crippen molar-refractivity contribution in [1.82, 2.24) is 20.0 Å². The molecule has 0 bridgehead atoms. The van der Waals surface area contributed by atoms with Crippen LogP contribution in [0.5, 0.6) is 11.5 Å². The molecule has 1 saturated heterocycles. The van der Waals surface area contributed by atoms with E-state index in [0.29, 0.717) is 61.1 Å². The van der Waals surface area contributed by atoms with Gasteiger partial charge in [-0.15, -0.1) is 0 Å². The van der Waals surface area contributed by atoms with Crippen LogP contribution in [0.4, 0.5) is 4.79 Å². The molecule has 0 aromatic heterocycles. The van der Waals surface area contributed by atoms with E-state index in [2.05, 4.69) is 10.2 Å². The molecule has 0 spiro atoms. The number of nitrogens with one attached hydrogen (secondary N) is 1. The summed E-state index contributed by atoms with van der Waals surface area (Å²) in [5.74, 6) is 0.821. The van der Waals surface area contributed by atoms with Crippen molar-refractivity contribution in [3.63, 3.8) is 0 Å². The lowest BCUT2D eigenvalue weighted by Crippen LogP contribution is -2.56. The summed E-state index contributed by atoms with van der Waals surface area (Å²) in [5.41, 5.74) is 2.35. The number of ether oxygens (including phenoxy) is 3. The molecule has 2 aliphatic rings. The Kier molecular flexibility index (Phi) is 9.31. The van der Waals surface area contributed by atoms with Crippen molar-refractivity contribution in [3.05, 3.63) is 70.9 Å². The highest BCUT2D eigenvalue weighted by atomic mass is 16.5. The molecule has 0 saturated carbocycles. The first-order chi connectivity index (χ1) is 19.3. The SMILES string of the molecule is CCOC(=O)C1=C(CN2CCN(C(=O)c3ccc(OC)cc3)C(C)C2)N(CC)C(=O)NC1c1cccc(OC)c1. The molecule has 10 heteroatoms. The number of hydrogen-bond acceptors (Lipinski definition) is 7. The largest absolute Gasteiger partial charge is 0.497 e. The van der Waals surface area contributed by atoms with Gasteiger partial charge in [-0.05, 0) is 62.7 Å². The van der Waals surface area contributed by atoms with Crippen molar-refractivity contribution < 1.29 is 28.6 Å². The fourth-order valence-corrected chi connectivity index (χ4v) is 5.32. The van der Waals surface area contributed by atoms with Crippen LogP contribution in [0.3, 0.4) is 0 Å². The average molecular weight is 551 g/mol. The third kappa shape index (κ3) is 6.07. The summed E-state index contributed by atoms with van der Waals surface area (Å²) in [7, 11) is 3.17. The molecule has 4 rings (SSSR count). The number of carbonyl (C=O) groups is 3. The summed E-state index contributed by atoms with van der Waals surface area (Å²) in [5, 5.41) is 2.99. The quantitative estimate of drug-likeness (QED) is 0.478. The number of methoxy groups -OCH3 is 2. The number of likely N-dealkylation sites (N-methyl/N-ethyl adjacent to an activating group) is 1. The lowest BCUT2D eigenvalue weighted by Gasteiger charge is -2.43. The van der Waals surface area contributed by atoms with Crippen LogP contribution in [0.2, 0.25) is 0 Å². The minimum Gasteiger partial charge on any atom is -0.497 e. The first kappa shape index (κ1) is 28.9. The summed E-state index contributed by atoms with van der Waals surface area (Å²) in [4.78, 5) is 45.5. The topological polar surface area (TPSA) is 101 Å². The number of esters is 1. The third-order valence-corrected chi connectivity index (χ3v) is 7.36. The molecule has 1 fully saturated rings. The molecule has 214 valence electrons. The fourth-order valence-electron chi connectivity index (χ4n) is 5.32. The van der Waals surface area contributed by atoms with Gasteiger partial charge in [0.25, 0.3) is 5.91 Å². The van der Waals surface area contributed by atoms with Crippen LogP contribution >= 0.6 is 0 Å². The van der Waals surface area contributed by atoms with Gasteiger partial charge in [0.2, 0.25) is 0 Å². The Balaban J connectivity index is 1.61. The summed E-state index contributed by atoms with van der Waals surface area (Å²) < 4.78 is 16.1. The number of carbonyl (C=O) groups excluding carboxylic acids is 3. The van der Waals surface area contributed by atoms with E-state index in [4.69, 9.17) is 14.2 Å². The minimum absolute atomic E-state index is 0.0356. The molecule has 2 heterocycles. The molecule has 40 heavy (non-hydrogen) atoms. The molecule has 2 aliphatic heterocycles. The maximum Gasteiger partial charge on any atom is 0.338 e. The Labute approximate surface area is 235 Å². The molecular weight excluding hydrogens is 512 g/mol. The Morgan fingerprint density at radius 1 is 1.00 bits per heavy atom. The molecule has 0 aliphatic carbocycles. The van der Waals surface area contributed by atoms with Gasteiger partial charge >= 0.3 is 12.0 Å². The van der Waals surface area contributed by atoms with Gasteiger partial charge in [-0.25, -0.2) is 9.59 Å². The van der Waals surface area contributed by atoms with E-state index < -0.39 is 12.0 Å². The molecule has 1 N–H and O–H groups in total. The van der Waals surface area contributed by atoms with Crippen molar-refractivity contribution in [3.8, 4) is 11.5 Å². The van der Waals surface area contributed by atoms with E-state index in [1.165, 1.54) is 0 Å². The lowest BCUT2D eigenvalue weighted by molar-refractivity contribution is -0.139. The second-order valence-corrected chi connectivity index (χ2v) is 9.80. The van der Waals surface area contributed by atoms with Crippen LogP contribution in [0.1, 0.15) is 42.7 Å². The van der Waals surface area contributed by atoms with E-state index in [9.17, 15) is 14.4 Å². The Morgan fingerprint density at radius 3 is 2.35 bits per heavy atom. The number of nitrogens with zero attached hydrogens (tertiary/aromatic N) is 3. The summed E-state index contributed by atoms with van der Waals surface area (Å²) in [6.07, 6.45) is 0. The standard InChI is InChI=1S/C30H38N4O6/c1-6-33-25(19-32-15-16-34(20(3)18-32)28(35)21-11-13-23(38-4)14-12-21)26(29(36)40-7-2)27(31-30(33)37)22-9-8-10-24(17-22)39-5/h8-14,17,20,27H,6-7,15-16,18-19H2,1-5H3,(H,31,37). The van der Waals surface area contributed by atoms with E-state index in [0.717, 1.165) is 5.56 Å². The van der Waals surface area contributed by atoms with Crippen molar-refractivity contribution in [2.75, 3.05) is 53.6 Å². The van der Waals surface area contributed by atoms with Gasteiger partial charge in [0.1, 0.15) is 11.5 Å².